The Kier molecular flexibility index (Phi) is 4.45. The monoisotopic (exact) mass is 336 g/mol. The van der Waals surface area contributed by atoms with E-state index in [0.29, 0.717) is 18.1 Å². The van der Waals surface area contributed by atoms with E-state index in [9.17, 15) is 4.79 Å². The maximum absolute atomic E-state index is 12.3. The first kappa shape index (κ1) is 17.4. The van der Waals surface area contributed by atoms with Gasteiger partial charge < -0.3 is 14.0 Å². The fourth-order valence-corrected chi connectivity index (χ4v) is 3.81. The average Bonchev–Trinajstić information content (AvgIpc) is 3.10. The quantitative estimate of drug-likeness (QED) is 0.764. The number of esters is 1. The number of hydrogen-bond acceptors (Lipinski definition) is 6. The highest BCUT2D eigenvalue weighted by Gasteiger charge is 2.48. The van der Waals surface area contributed by atoms with Crippen molar-refractivity contribution >= 4 is 5.97 Å². The van der Waals surface area contributed by atoms with Crippen LogP contribution in [0.3, 0.4) is 0 Å². The molecule has 6 heteroatoms. The Morgan fingerprint density at radius 2 is 1.83 bits per heavy atom. The molecule has 0 aromatic carbocycles. The summed E-state index contributed by atoms with van der Waals surface area (Å²) >= 11 is 0. The standard InChI is InChI=1S/C18H28N2O4/c1-16(2,3)23-13(21)12-17(8-7-9-17)15-19-14(20-24-15)18(22-4)10-5-6-11-18/h5-12H2,1-4H3. The Morgan fingerprint density at radius 3 is 2.33 bits per heavy atom. The van der Waals surface area contributed by atoms with Gasteiger partial charge in [0.15, 0.2) is 0 Å². The van der Waals surface area contributed by atoms with Gasteiger partial charge in [-0.2, -0.15) is 4.98 Å². The summed E-state index contributed by atoms with van der Waals surface area (Å²) < 4.78 is 16.8. The van der Waals surface area contributed by atoms with Crippen LogP contribution >= 0.6 is 0 Å². The molecule has 0 bridgehead atoms. The number of hydrogen-bond donors (Lipinski definition) is 0. The van der Waals surface area contributed by atoms with Crippen molar-refractivity contribution in [2.45, 2.75) is 88.8 Å². The third-order valence-corrected chi connectivity index (χ3v) is 5.30. The molecule has 1 aromatic rings. The van der Waals surface area contributed by atoms with Gasteiger partial charge in [0.25, 0.3) is 0 Å². The topological polar surface area (TPSA) is 74.5 Å². The highest BCUT2D eigenvalue weighted by atomic mass is 16.6. The van der Waals surface area contributed by atoms with E-state index < -0.39 is 11.2 Å². The molecule has 2 saturated carbocycles. The predicted octanol–water partition coefficient (Wildman–Crippen LogP) is 3.64. The van der Waals surface area contributed by atoms with Gasteiger partial charge in [-0.05, 0) is 59.3 Å². The molecule has 0 atom stereocenters. The van der Waals surface area contributed by atoms with Gasteiger partial charge in [0, 0.05) is 7.11 Å². The Bertz CT molecular complexity index is 592. The Labute approximate surface area is 143 Å². The lowest BCUT2D eigenvalue weighted by molar-refractivity contribution is -0.157. The van der Waals surface area contributed by atoms with E-state index in [-0.39, 0.29) is 11.4 Å². The van der Waals surface area contributed by atoms with E-state index in [4.69, 9.17) is 14.0 Å². The van der Waals surface area contributed by atoms with E-state index >= 15 is 0 Å². The SMILES string of the molecule is COC1(c2noc(C3(CC(=O)OC(C)(C)C)CCC3)n2)CCCC1. The van der Waals surface area contributed by atoms with Crippen LogP contribution in [0.2, 0.25) is 0 Å². The largest absolute Gasteiger partial charge is 0.460 e. The zero-order chi connectivity index (χ0) is 17.4. The summed E-state index contributed by atoms with van der Waals surface area (Å²) in [5.74, 6) is 0.996. The number of nitrogens with zero attached hydrogens (tertiary/aromatic N) is 2. The smallest absolute Gasteiger partial charge is 0.307 e. The second-order valence-corrected chi connectivity index (χ2v) is 8.23. The van der Waals surface area contributed by atoms with Gasteiger partial charge in [0.2, 0.25) is 11.7 Å². The predicted molar refractivity (Wildman–Crippen MR) is 87.4 cm³/mol. The molecule has 0 N–H and O–H groups in total. The van der Waals surface area contributed by atoms with E-state index in [0.717, 1.165) is 44.9 Å². The van der Waals surface area contributed by atoms with Crippen molar-refractivity contribution in [3.05, 3.63) is 11.7 Å². The van der Waals surface area contributed by atoms with Crippen LogP contribution < -0.4 is 0 Å². The molecule has 0 amide bonds. The van der Waals surface area contributed by atoms with E-state index in [2.05, 4.69) is 10.1 Å². The third kappa shape index (κ3) is 3.21. The van der Waals surface area contributed by atoms with Crippen LogP contribution in [-0.4, -0.2) is 28.8 Å². The van der Waals surface area contributed by atoms with Crippen molar-refractivity contribution in [3.63, 3.8) is 0 Å². The van der Waals surface area contributed by atoms with E-state index in [1.807, 2.05) is 20.8 Å². The minimum absolute atomic E-state index is 0.204. The molecule has 2 aliphatic carbocycles. The fraction of sp³-hybridized carbons (Fsp3) is 0.833. The Hall–Kier alpha value is -1.43. The van der Waals surface area contributed by atoms with Crippen LogP contribution in [0, 0.1) is 0 Å². The second kappa shape index (κ2) is 6.14. The lowest BCUT2D eigenvalue weighted by atomic mass is 9.66. The van der Waals surface area contributed by atoms with Crippen LogP contribution in [0.25, 0.3) is 0 Å². The molecule has 134 valence electrons. The number of aromatic nitrogens is 2. The zero-order valence-corrected chi connectivity index (χ0v) is 15.2. The van der Waals surface area contributed by atoms with Crippen molar-refractivity contribution in [2.75, 3.05) is 7.11 Å². The first-order chi connectivity index (χ1) is 11.3. The number of methoxy groups -OCH3 is 1. The minimum atomic E-state index is -0.480. The van der Waals surface area contributed by atoms with E-state index in [1.54, 1.807) is 7.11 Å². The highest BCUT2D eigenvalue weighted by Crippen LogP contribution is 2.47. The average molecular weight is 336 g/mol. The van der Waals surface area contributed by atoms with Gasteiger partial charge in [-0.3, -0.25) is 4.79 Å². The summed E-state index contributed by atoms with van der Waals surface area (Å²) in [6, 6.07) is 0. The van der Waals surface area contributed by atoms with Crippen LogP contribution in [0.5, 0.6) is 0 Å². The molecule has 24 heavy (non-hydrogen) atoms. The summed E-state index contributed by atoms with van der Waals surface area (Å²) in [6.07, 6.45) is 7.19. The van der Waals surface area contributed by atoms with Crippen molar-refractivity contribution < 1.29 is 18.8 Å². The number of rotatable bonds is 5. The van der Waals surface area contributed by atoms with Crippen LogP contribution in [0.1, 0.15) is 83.9 Å². The molecule has 2 fully saturated rings. The Morgan fingerprint density at radius 1 is 1.17 bits per heavy atom. The molecule has 6 nitrogen and oxygen atoms in total. The van der Waals surface area contributed by atoms with Crippen molar-refractivity contribution in [2.24, 2.45) is 0 Å². The minimum Gasteiger partial charge on any atom is -0.460 e. The lowest BCUT2D eigenvalue weighted by Gasteiger charge is -2.38. The number of carbonyl (C=O) groups excluding carboxylic acids is 1. The molecule has 0 unspecified atom stereocenters. The summed E-state index contributed by atoms with van der Waals surface area (Å²) in [7, 11) is 1.71. The lowest BCUT2D eigenvalue weighted by Crippen LogP contribution is -2.39. The molecule has 0 radical (unpaired) electrons. The number of ether oxygens (including phenoxy) is 2. The molecule has 1 heterocycles. The third-order valence-electron chi connectivity index (χ3n) is 5.30. The normalized spacial score (nSPS) is 22.2. The maximum Gasteiger partial charge on any atom is 0.307 e. The van der Waals surface area contributed by atoms with Crippen molar-refractivity contribution in [1.82, 2.24) is 10.1 Å². The summed E-state index contributed by atoms with van der Waals surface area (Å²) in [6.45, 7) is 5.64. The molecule has 3 rings (SSSR count). The molecule has 1 aromatic heterocycles. The zero-order valence-electron chi connectivity index (χ0n) is 15.2. The first-order valence-corrected chi connectivity index (χ1v) is 8.90. The van der Waals surface area contributed by atoms with Gasteiger partial charge in [0.1, 0.15) is 11.2 Å². The second-order valence-electron chi connectivity index (χ2n) is 8.23. The van der Waals surface area contributed by atoms with Crippen LogP contribution in [-0.2, 0) is 25.3 Å². The highest BCUT2D eigenvalue weighted by molar-refractivity contribution is 5.72. The number of carbonyl (C=O) groups is 1. The van der Waals surface area contributed by atoms with Crippen LogP contribution in [0.15, 0.2) is 4.52 Å². The summed E-state index contributed by atoms with van der Waals surface area (Å²) in [5.41, 5.74) is -1.26. The summed E-state index contributed by atoms with van der Waals surface area (Å²) in [4.78, 5) is 17.0. The maximum atomic E-state index is 12.3. The van der Waals surface area contributed by atoms with Gasteiger partial charge in [0.05, 0.1) is 11.8 Å². The van der Waals surface area contributed by atoms with Crippen molar-refractivity contribution in [3.8, 4) is 0 Å². The van der Waals surface area contributed by atoms with Gasteiger partial charge >= 0.3 is 5.97 Å². The van der Waals surface area contributed by atoms with Gasteiger partial charge in [-0.25, -0.2) is 0 Å². The molecule has 0 aliphatic heterocycles. The molecular weight excluding hydrogens is 308 g/mol. The molecular formula is C18H28N2O4. The van der Waals surface area contributed by atoms with Crippen molar-refractivity contribution in [1.29, 1.82) is 0 Å². The Balaban J connectivity index is 1.78. The van der Waals surface area contributed by atoms with Crippen LogP contribution in [0.4, 0.5) is 0 Å². The molecule has 2 aliphatic rings. The summed E-state index contributed by atoms with van der Waals surface area (Å²) in [5, 5.41) is 4.21. The van der Waals surface area contributed by atoms with E-state index in [1.165, 1.54) is 0 Å². The van der Waals surface area contributed by atoms with Gasteiger partial charge in [-0.15, -0.1) is 0 Å². The first-order valence-electron chi connectivity index (χ1n) is 8.90. The van der Waals surface area contributed by atoms with Gasteiger partial charge in [-0.1, -0.05) is 11.6 Å². The molecule has 0 spiro atoms. The fourth-order valence-electron chi connectivity index (χ4n) is 3.81. The molecule has 0 saturated heterocycles.